The van der Waals surface area contributed by atoms with Crippen LogP contribution in [0.2, 0.25) is 5.02 Å². The molecule has 0 aliphatic heterocycles. The smallest absolute Gasteiger partial charge is 0.281 e. The molecule has 0 bridgehead atoms. The highest BCUT2D eigenvalue weighted by molar-refractivity contribution is 7.92. The van der Waals surface area contributed by atoms with Gasteiger partial charge in [0.05, 0.1) is 29.7 Å². The number of pyridine rings is 1. The average molecular weight is 535 g/mol. The molecular formula is C23H20ClFN4O4S2. The molecule has 0 radical (unpaired) electrons. The fraction of sp³-hybridized carbons (Fsp3) is 0.130. The van der Waals surface area contributed by atoms with E-state index in [2.05, 4.69) is 20.0 Å². The van der Waals surface area contributed by atoms with Crippen LogP contribution in [-0.2, 0) is 16.6 Å². The number of rotatable bonds is 8. The van der Waals surface area contributed by atoms with Crippen molar-refractivity contribution in [3.63, 3.8) is 0 Å². The third-order valence-electron chi connectivity index (χ3n) is 5.01. The number of sulfonamides is 1. The number of aryl methyl sites for hydroxylation is 1. The van der Waals surface area contributed by atoms with Gasteiger partial charge in [-0.05, 0) is 36.8 Å². The van der Waals surface area contributed by atoms with Gasteiger partial charge >= 0.3 is 0 Å². The summed E-state index contributed by atoms with van der Waals surface area (Å²) in [5.74, 6) is -0.202. The number of aromatic hydroxyl groups is 1. The van der Waals surface area contributed by atoms with Crippen molar-refractivity contribution in [2.75, 3.05) is 17.1 Å². The third-order valence-corrected chi connectivity index (χ3v) is 7.60. The number of phenolic OH excluding ortho intramolecular Hbond substituents is 1. The Morgan fingerprint density at radius 3 is 2.74 bits per heavy atom. The number of para-hydroxylation sites is 1. The molecule has 182 valence electrons. The Balaban J connectivity index is 1.48. The van der Waals surface area contributed by atoms with Crippen molar-refractivity contribution in [2.24, 2.45) is 0 Å². The number of nitrogens with one attached hydrogen (secondary N) is 2. The van der Waals surface area contributed by atoms with E-state index < -0.39 is 15.8 Å². The Hall–Kier alpha value is -3.41. The summed E-state index contributed by atoms with van der Waals surface area (Å²) in [4.78, 5) is 8.35. The van der Waals surface area contributed by atoms with Gasteiger partial charge in [-0.3, -0.25) is 4.72 Å². The molecule has 2 heterocycles. The van der Waals surface area contributed by atoms with E-state index in [4.69, 9.17) is 16.3 Å². The van der Waals surface area contributed by atoms with Gasteiger partial charge in [0, 0.05) is 23.1 Å². The number of anilines is 2. The minimum Gasteiger partial charge on any atom is -0.504 e. The molecule has 35 heavy (non-hydrogen) atoms. The van der Waals surface area contributed by atoms with Crippen LogP contribution >= 0.6 is 22.9 Å². The number of ether oxygens (including phenoxy) is 1. The topological polar surface area (TPSA) is 113 Å². The number of hydrogen-bond donors (Lipinski definition) is 3. The van der Waals surface area contributed by atoms with E-state index in [9.17, 15) is 17.9 Å². The summed E-state index contributed by atoms with van der Waals surface area (Å²) >= 11 is 6.78. The van der Waals surface area contributed by atoms with E-state index in [1.807, 2.05) is 0 Å². The fourth-order valence-corrected chi connectivity index (χ4v) is 5.53. The highest BCUT2D eigenvalue weighted by Gasteiger charge is 2.21. The number of halogens is 2. The van der Waals surface area contributed by atoms with Gasteiger partial charge < -0.3 is 15.2 Å². The normalized spacial score (nSPS) is 11.3. The van der Waals surface area contributed by atoms with Gasteiger partial charge in [-0.15, -0.1) is 11.3 Å². The first-order chi connectivity index (χ1) is 16.7. The number of benzene rings is 2. The van der Waals surface area contributed by atoms with Gasteiger partial charge in [0.2, 0.25) is 0 Å². The molecule has 3 N–H and O–H groups in total. The number of thiazole rings is 1. The van der Waals surface area contributed by atoms with Crippen LogP contribution in [-0.4, -0.2) is 30.6 Å². The summed E-state index contributed by atoms with van der Waals surface area (Å²) < 4.78 is 47.1. The molecule has 0 aliphatic rings. The lowest BCUT2D eigenvalue weighted by atomic mass is 10.2. The maximum atomic E-state index is 13.7. The zero-order chi connectivity index (χ0) is 25.2. The predicted octanol–water partition coefficient (Wildman–Crippen LogP) is 5.43. The molecule has 12 heteroatoms. The molecule has 0 saturated heterocycles. The first-order valence-corrected chi connectivity index (χ1v) is 12.9. The molecule has 8 nitrogen and oxygen atoms in total. The van der Waals surface area contributed by atoms with E-state index >= 15 is 0 Å². The van der Waals surface area contributed by atoms with Crippen molar-refractivity contribution < 1.29 is 22.7 Å². The predicted molar refractivity (Wildman–Crippen MR) is 134 cm³/mol. The molecule has 0 amide bonds. The van der Waals surface area contributed by atoms with Crippen molar-refractivity contribution in [1.29, 1.82) is 0 Å². The van der Waals surface area contributed by atoms with E-state index in [0.717, 1.165) is 11.3 Å². The zero-order valence-electron chi connectivity index (χ0n) is 18.5. The molecule has 2 aromatic heterocycles. The Labute approximate surface area is 210 Å². The first-order valence-electron chi connectivity index (χ1n) is 10.2. The monoisotopic (exact) mass is 534 g/mol. The van der Waals surface area contributed by atoms with E-state index in [1.165, 1.54) is 25.4 Å². The summed E-state index contributed by atoms with van der Waals surface area (Å²) in [6.45, 7) is 1.90. The fourth-order valence-electron chi connectivity index (χ4n) is 3.28. The Kier molecular flexibility index (Phi) is 7.10. The average Bonchev–Trinajstić information content (AvgIpc) is 3.27. The van der Waals surface area contributed by atoms with Crippen molar-refractivity contribution in [1.82, 2.24) is 9.97 Å². The number of hydrogen-bond acceptors (Lipinski definition) is 8. The number of phenols is 1. The van der Waals surface area contributed by atoms with Crippen LogP contribution in [0.15, 0.2) is 59.1 Å². The lowest BCUT2D eigenvalue weighted by Crippen LogP contribution is -2.16. The molecule has 4 rings (SSSR count). The minimum absolute atomic E-state index is 0.00955. The van der Waals surface area contributed by atoms with Gasteiger partial charge in [0.25, 0.3) is 10.0 Å². The second kappa shape index (κ2) is 10.1. The zero-order valence-corrected chi connectivity index (χ0v) is 20.9. The molecule has 4 aromatic rings. The van der Waals surface area contributed by atoms with Crippen LogP contribution in [0.25, 0.3) is 11.3 Å². The summed E-state index contributed by atoms with van der Waals surface area (Å²) in [7, 11) is -2.55. The lowest BCUT2D eigenvalue weighted by Gasteiger charge is -2.12. The van der Waals surface area contributed by atoms with Gasteiger partial charge in [0.15, 0.2) is 21.7 Å². The van der Waals surface area contributed by atoms with Crippen molar-refractivity contribution in [2.45, 2.75) is 18.5 Å². The Morgan fingerprint density at radius 1 is 1.23 bits per heavy atom. The van der Waals surface area contributed by atoms with Gasteiger partial charge in [-0.1, -0.05) is 29.8 Å². The molecule has 0 fully saturated rings. The highest BCUT2D eigenvalue weighted by atomic mass is 35.5. The number of methoxy groups -OCH3 is 1. The molecule has 2 aromatic carbocycles. The molecule has 0 unspecified atom stereocenters. The van der Waals surface area contributed by atoms with Crippen LogP contribution in [0.4, 0.5) is 15.2 Å². The maximum absolute atomic E-state index is 13.7. The first kappa shape index (κ1) is 24.7. The van der Waals surface area contributed by atoms with E-state index in [-0.39, 0.29) is 27.5 Å². The van der Waals surface area contributed by atoms with Crippen LogP contribution in [0, 0.1) is 12.7 Å². The second-order valence-electron chi connectivity index (χ2n) is 7.44. The quantitative estimate of drug-likeness (QED) is 0.276. The minimum atomic E-state index is -4.02. The largest absolute Gasteiger partial charge is 0.504 e. The van der Waals surface area contributed by atoms with E-state index in [1.54, 1.807) is 42.6 Å². The highest BCUT2D eigenvalue weighted by Crippen LogP contribution is 2.31. The Bertz CT molecular complexity index is 1490. The van der Waals surface area contributed by atoms with Crippen LogP contribution in [0.3, 0.4) is 0 Å². The molecule has 0 aliphatic carbocycles. The summed E-state index contributed by atoms with van der Waals surface area (Å²) in [6, 6.07) is 11.0. The van der Waals surface area contributed by atoms with Gasteiger partial charge in [-0.2, -0.15) is 8.42 Å². The van der Waals surface area contributed by atoms with Crippen molar-refractivity contribution in [3.8, 4) is 22.8 Å². The maximum Gasteiger partial charge on any atom is 0.281 e. The molecule has 0 atom stereocenters. The number of nitrogens with zero attached hydrogens (tertiary/aromatic N) is 2. The molecule has 0 saturated carbocycles. The van der Waals surface area contributed by atoms with Crippen molar-refractivity contribution in [3.05, 3.63) is 76.0 Å². The summed E-state index contributed by atoms with van der Waals surface area (Å²) in [5, 5.41) is 14.9. The third kappa shape index (κ3) is 5.47. The SMILES string of the molecule is COc1cccc(CNc2cnc(S(=O)(=O)Nc3nc(-c4ccc(Cl)c(F)c4)cs3)c(C)c2)c1O. The lowest BCUT2D eigenvalue weighted by molar-refractivity contribution is 0.371. The summed E-state index contributed by atoms with van der Waals surface area (Å²) in [6.07, 6.45) is 1.39. The Morgan fingerprint density at radius 2 is 2.03 bits per heavy atom. The van der Waals surface area contributed by atoms with E-state index in [0.29, 0.717) is 33.8 Å². The van der Waals surface area contributed by atoms with Gasteiger partial charge in [-0.25, -0.2) is 14.4 Å². The van der Waals surface area contributed by atoms with Gasteiger partial charge in [0.1, 0.15) is 5.82 Å². The second-order valence-corrected chi connectivity index (χ2v) is 10.3. The van der Waals surface area contributed by atoms with Crippen molar-refractivity contribution >= 4 is 43.8 Å². The van der Waals surface area contributed by atoms with Crippen LogP contribution in [0.5, 0.6) is 11.5 Å². The van der Waals surface area contributed by atoms with Crippen LogP contribution < -0.4 is 14.8 Å². The summed E-state index contributed by atoms with van der Waals surface area (Å²) in [5.41, 5.74) is 2.48. The van der Waals surface area contributed by atoms with Crippen LogP contribution in [0.1, 0.15) is 11.1 Å². The molecular weight excluding hydrogens is 515 g/mol. The standard InChI is InChI=1S/C23H20ClFN4O4S2/c1-13-8-16(26-10-15-4-3-5-20(33-2)21(15)30)11-27-22(13)35(31,32)29-23-28-19(12-34-23)14-6-7-17(24)18(25)9-14/h3-9,11-12,26,30H,10H2,1-2H3,(H,28,29). The number of aromatic nitrogens is 2. The molecule has 0 spiro atoms.